The van der Waals surface area contributed by atoms with Crippen LogP contribution in [0.2, 0.25) is 0 Å². The van der Waals surface area contributed by atoms with Crippen LogP contribution in [0.3, 0.4) is 0 Å². The molecule has 1 amide bonds. The van der Waals surface area contributed by atoms with Crippen LogP contribution in [0.15, 0.2) is 4.42 Å². The van der Waals surface area contributed by atoms with Crippen LogP contribution in [-0.2, 0) is 11.3 Å². The minimum atomic E-state index is -0.473. The fraction of sp³-hybridized carbons (Fsp3) is 0.824. The Hall–Kier alpha value is -1.63. The zero-order valence-corrected chi connectivity index (χ0v) is 14.9. The second-order valence-electron chi connectivity index (χ2n) is 7.81. The standard InChI is InChI=1S/C17H28N4O3/c1-17(2,3)24-16(22)18-10-13-6-4-5-9-21(13)11-14-19-20-15(23-14)12-7-8-12/h12-13H,4-11H2,1-3H3,(H,18,22). The Bertz CT molecular complexity index is 562. The average Bonchev–Trinajstić information content (AvgIpc) is 3.25. The summed E-state index contributed by atoms with van der Waals surface area (Å²) in [6.45, 7) is 7.83. The van der Waals surface area contributed by atoms with E-state index in [0.717, 1.165) is 38.1 Å². The van der Waals surface area contributed by atoms with Crippen molar-refractivity contribution in [3.05, 3.63) is 11.8 Å². The third-order valence-corrected chi connectivity index (χ3v) is 4.38. The summed E-state index contributed by atoms with van der Waals surface area (Å²) in [5.74, 6) is 1.95. The average molecular weight is 336 g/mol. The Morgan fingerprint density at radius 1 is 1.29 bits per heavy atom. The van der Waals surface area contributed by atoms with Gasteiger partial charge in [-0.3, -0.25) is 4.90 Å². The molecule has 24 heavy (non-hydrogen) atoms. The third kappa shape index (κ3) is 4.93. The summed E-state index contributed by atoms with van der Waals surface area (Å²) in [5.41, 5.74) is -0.473. The molecule has 1 aromatic rings. The van der Waals surface area contributed by atoms with Gasteiger partial charge in [0.15, 0.2) is 0 Å². The number of piperidine rings is 1. The Morgan fingerprint density at radius 2 is 2.08 bits per heavy atom. The van der Waals surface area contributed by atoms with Crippen molar-refractivity contribution >= 4 is 6.09 Å². The summed E-state index contributed by atoms with van der Waals surface area (Å²) in [7, 11) is 0. The van der Waals surface area contributed by atoms with E-state index in [9.17, 15) is 4.79 Å². The van der Waals surface area contributed by atoms with E-state index >= 15 is 0 Å². The molecule has 1 saturated heterocycles. The topological polar surface area (TPSA) is 80.5 Å². The van der Waals surface area contributed by atoms with E-state index in [1.54, 1.807) is 0 Å². The predicted octanol–water partition coefficient (Wildman–Crippen LogP) is 2.83. The fourth-order valence-electron chi connectivity index (χ4n) is 3.01. The molecule has 2 heterocycles. The molecule has 1 aromatic heterocycles. The molecular weight excluding hydrogens is 308 g/mol. The lowest BCUT2D eigenvalue weighted by Gasteiger charge is -2.34. The van der Waals surface area contributed by atoms with Crippen molar-refractivity contribution in [2.45, 2.75) is 77.0 Å². The lowest BCUT2D eigenvalue weighted by Crippen LogP contribution is -2.47. The van der Waals surface area contributed by atoms with Gasteiger partial charge < -0.3 is 14.5 Å². The van der Waals surface area contributed by atoms with Crippen LogP contribution in [0.1, 0.15) is 70.6 Å². The Morgan fingerprint density at radius 3 is 2.79 bits per heavy atom. The Labute approximate surface area is 143 Å². The number of hydrogen-bond donors (Lipinski definition) is 1. The zero-order valence-electron chi connectivity index (χ0n) is 14.9. The minimum Gasteiger partial charge on any atom is -0.444 e. The summed E-state index contributed by atoms with van der Waals surface area (Å²) in [5, 5.41) is 11.2. The first-order valence-electron chi connectivity index (χ1n) is 8.94. The summed E-state index contributed by atoms with van der Waals surface area (Å²) in [6, 6.07) is 0.280. The van der Waals surface area contributed by atoms with Gasteiger partial charge in [0.05, 0.1) is 6.54 Å². The highest BCUT2D eigenvalue weighted by Gasteiger charge is 2.30. The molecule has 2 aliphatic rings. The van der Waals surface area contributed by atoms with Crippen LogP contribution < -0.4 is 5.32 Å². The number of aromatic nitrogens is 2. The number of carbonyl (C=O) groups is 1. The summed E-state index contributed by atoms with van der Waals surface area (Å²) < 4.78 is 11.1. The van der Waals surface area contributed by atoms with Gasteiger partial charge in [-0.15, -0.1) is 10.2 Å². The van der Waals surface area contributed by atoms with Crippen LogP contribution in [-0.4, -0.2) is 45.9 Å². The second kappa shape index (κ2) is 7.09. The highest BCUT2D eigenvalue weighted by atomic mass is 16.6. The normalized spacial score (nSPS) is 22.4. The maximum absolute atomic E-state index is 11.9. The van der Waals surface area contributed by atoms with Gasteiger partial charge in [-0.25, -0.2) is 4.79 Å². The number of rotatable bonds is 5. The zero-order chi connectivity index (χ0) is 17.2. The molecule has 0 spiro atoms. The van der Waals surface area contributed by atoms with Gasteiger partial charge in [0, 0.05) is 18.5 Å². The predicted molar refractivity (Wildman–Crippen MR) is 88.6 cm³/mol. The van der Waals surface area contributed by atoms with Crippen LogP contribution in [0.25, 0.3) is 0 Å². The molecule has 134 valence electrons. The highest BCUT2D eigenvalue weighted by molar-refractivity contribution is 5.67. The number of alkyl carbamates (subject to hydrolysis) is 1. The molecule has 7 heteroatoms. The van der Waals surface area contributed by atoms with Crippen molar-refractivity contribution in [1.82, 2.24) is 20.4 Å². The van der Waals surface area contributed by atoms with Gasteiger partial charge in [-0.1, -0.05) is 6.42 Å². The monoisotopic (exact) mass is 336 g/mol. The van der Waals surface area contributed by atoms with Crippen LogP contribution in [0.5, 0.6) is 0 Å². The van der Waals surface area contributed by atoms with E-state index in [0.29, 0.717) is 24.9 Å². The molecule has 0 bridgehead atoms. The van der Waals surface area contributed by atoms with E-state index in [1.807, 2.05) is 20.8 Å². The lowest BCUT2D eigenvalue weighted by atomic mass is 10.0. The van der Waals surface area contributed by atoms with Gasteiger partial charge >= 0.3 is 6.09 Å². The van der Waals surface area contributed by atoms with Crippen molar-refractivity contribution in [3.63, 3.8) is 0 Å². The molecule has 1 atom stereocenters. The summed E-state index contributed by atoms with van der Waals surface area (Å²) in [6.07, 6.45) is 5.35. The maximum Gasteiger partial charge on any atom is 0.407 e. The number of carbonyl (C=O) groups excluding carboxylic acids is 1. The van der Waals surface area contributed by atoms with Crippen molar-refractivity contribution in [3.8, 4) is 0 Å². The summed E-state index contributed by atoms with van der Waals surface area (Å²) in [4.78, 5) is 14.2. The number of hydrogen-bond acceptors (Lipinski definition) is 6. The van der Waals surface area contributed by atoms with Gasteiger partial charge in [0.1, 0.15) is 5.60 Å². The molecule has 7 nitrogen and oxygen atoms in total. The first kappa shape index (κ1) is 17.2. The number of amides is 1. The first-order chi connectivity index (χ1) is 11.4. The second-order valence-corrected chi connectivity index (χ2v) is 7.81. The smallest absolute Gasteiger partial charge is 0.407 e. The van der Waals surface area contributed by atoms with Crippen molar-refractivity contribution in [2.24, 2.45) is 0 Å². The fourth-order valence-corrected chi connectivity index (χ4v) is 3.01. The summed E-state index contributed by atoms with van der Waals surface area (Å²) >= 11 is 0. The van der Waals surface area contributed by atoms with Crippen LogP contribution >= 0.6 is 0 Å². The van der Waals surface area contributed by atoms with E-state index in [2.05, 4.69) is 20.4 Å². The third-order valence-electron chi connectivity index (χ3n) is 4.38. The maximum atomic E-state index is 11.9. The largest absolute Gasteiger partial charge is 0.444 e. The van der Waals surface area contributed by atoms with E-state index in [4.69, 9.17) is 9.15 Å². The SMILES string of the molecule is CC(C)(C)OC(=O)NCC1CCCCN1Cc1nnc(C2CC2)o1. The van der Waals surface area contributed by atoms with Gasteiger partial charge in [0.25, 0.3) is 0 Å². The quantitative estimate of drug-likeness (QED) is 0.890. The Kier molecular flexibility index (Phi) is 5.08. The number of likely N-dealkylation sites (tertiary alicyclic amines) is 1. The number of nitrogens with one attached hydrogen (secondary N) is 1. The molecule has 0 radical (unpaired) electrons. The van der Waals surface area contributed by atoms with Gasteiger partial charge in [-0.05, 0) is 53.0 Å². The minimum absolute atomic E-state index is 0.280. The molecule has 1 aliphatic carbocycles. The van der Waals surface area contributed by atoms with Crippen molar-refractivity contribution in [1.29, 1.82) is 0 Å². The van der Waals surface area contributed by atoms with Crippen LogP contribution in [0.4, 0.5) is 4.79 Å². The van der Waals surface area contributed by atoms with Crippen LogP contribution in [0, 0.1) is 0 Å². The number of nitrogens with zero attached hydrogens (tertiary/aromatic N) is 3. The van der Waals surface area contributed by atoms with Crippen molar-refractivity contribution in [2.75, 3.05) is 13.1 Å². The van der Waals surface area contributed by atoms with Gasteiger partial charge in [-0.2, -0.15) is 0 Å². The molecule has 1 unspecified atom stereocenters. The molecular formula is C17H28N4O3. The molecule has 1 aliphatic heterocycles. The van der Waals surface area contributed by atoms with E-state index in [-0.39, 0.29) is 12.1 Å². The molecule has 2 fully saturated rings. The highest BCUT2D eigenvalue weighted by Crippen LogP contribution is 2.39. The van der Waals surface area contributed by atoms with E-state index < -0.39 is 5.60 Å². The number of ether oxygens (including phenoxy) is 1. The Balaban J connectivity index is 1.51. The first-order valence-corrected chi connectivity index (χ1v) is 8.94. The molecule has 3 rings (SSSR count). The molecule has 0 aromatic carbocycles. The molecule has 1 N–H and O–H groups in total. The van der Waals surface area contributed by atoms with E-state index in [1.165, 1.54) is 6.42 Å². The van der Waals surface area contributed by atoms with Crippen molar-refractivity contribution < 1.29 is 13.9 Å². The lowest BCUT2D eigenvalue weighted by molar-refractivity contribution is 0.0488. The van der Waals surface area contributed by atoms with Gasteiger partial charge in [0.2, 0.25) is 11.8 Å². The molecule has 1 saturated carbocycles.